The molecule has 1 heterocycles. The Bertz CT molecular complexity index is 152. The Morgan fingerprint density at radius 2 is 2.38 bits per heavy atom. The van der Waals surface area contributed by atoms with Crippen molar-refractivity contribution in [1.82, 2.24) is 5.32 Å². The lowest BCUT2D eigenvalue weighted by Crippen LogP contribution is -2.41. The summed E-state index contributed by atoms with van der Waals surface area (Å²) in [6.45, 7) is 3.33. The zero-order valence-corrected chi connectivity index (χ0v) is 8.68. The van der Waals surface area contributed by atoms with Gasteiger partial charge in [-0.05, 0) is 32.6 Å². The van der Waals surface area contributed by atoms with Crippen LogP contribution in [-0.2, 0) is 4.74 Å². The van der Waals surface area contributed by atoms with E-state index in [1.807, 2.05) is 0 Å². The summed E-state index contributed by atoms with van der Waals surface area (Å²) in [5.41, 5.74) is 0.228. The van der Waals surface area contributed by atoms with Crippen LogP contribution in [0.5, 0.6) is 0 Å². The monoisotopic (exact) mass is 187 g/mol. The van der Waals surface area contributed by atoms with Gasteiger partial charge >= 0.3 is 0 Å². The summed E-state index contributed by atoms with van der Waals surface area (Å²) in [4.78, 5) is 0. The molecule has 0 bridgehead atoms. The average molecular weight is 187 g/mol. The molecule has 0 saturated carbocycles. The van der Waals surface area contributed by atoms with Crippen LogP contribution in [-0.4, -0.2) is 37.0 Å². The lowest BCUT2D eigenvalue weighted by molar-refractivity contribution is 0.178. The van der Waals surface area contributed by atoms with Gasteiger partial charge in [0.25, 0.3) is 0 Å². The first kappa shape index (κ1) is 11.0. The second-order valence-corrected chi connectivity index (χ2v) is 4.22. The SMILES string of the molecule is COCCCC1(C)CCC(CO)N1. The van der Waals surface area contributed by atoms with E-state index in [0.717, 1.165) is 25.9 Å². The summed E-state index contributed by atoms with van der Waals surface area (Å²) in [5, 5.41) is 12.5. The predicted molar refractivity (Wildman–Crippen MR) is 52.8 cm³/mol. The van der Waals surface area contributed by atoms with Crippen molar-refractivity contribution >= 4 is 0 Å². The maximum absolute atomic E-state index is 8.98. The third-order valence-electron chi connectivity index (χ3n) is 2.89. The lowest BCUT2D eigenvalue weighted by Gasteiger charge is -2.25. The van der Waals surface area contributed by atoms with Crippen molar-refractivity contribution in [3.05, 3.63) is 0 Å². The van der Waals surface area contributed by atoms with Crippen LogP contribution in [0.3, 0.4) is 0 Å². The minimum Gasteiger partial charge on any atom is -0.395 e. The van der Waals surface area contributed by atoms with Crippen LogP contribution in [0.15, 0.2) is 0 Å². The average Bonchev–Trinajstić information content (AvgIpc) is 2.49. The topological polar surface area (TPSA) is 41.5 Å². The molecule has 0 aliphatic carbocycles. The number of aliphatic hydroxyl groups excluding tert-OH is 1. The lowest BCUT2D eigenvalue weighted by atomic mass is 9.94. The number of hydrogen-bond donors (Lipinski definition) is 2. The molecule has 2 atom stereocenters. The Morgan fingerprint density at radius 3 is 2.92 bits per heavy atom. The minimum atomic E-state index is 0.228. The van der Waals surface area contributed by atoms with Gasteiger partial charge in [0.15, 0.2) is 0 Å². The Balaban J connectivity index is 2.23. The van der Waals surface area contributed by atoms with Crippen LogP contribution in [0.2, 0.25) is 0 Å². The largest absolute Gasteiger partial charge is 0.395 e. The Kier molecular flexibility index (Phi) is 4.16. The highest BCUT2D eigenvalue weighted by atomic mass is 16.5. The van der Waals surface area contributed by atoms with E-state index >= 15 is 0 Å². The summed E-state index contributed by atoms with van der Waals surface area (Å²) in [7, 11) is 1.74. The molecule has 0 aromatic carbocycles. The summed E-state index contributed by atoms with van der Waals surface area (Å²) in [6.07, 6.45) is 4.50. The first-order chi connectivity index (χ1) is 6.20. The summed E-state index contributed by atoms with van der Waals surface area (Å²) >= 11 is 0. The highest BCUT2D eigenvalue weighted by molar-refractivity contribution is 4.93. The quantitative estimate of drug-likeness (QED) is 0.629. The van der Waals surface area contributed by atoms with E-state index in [1.54, 1.807) is 7.11 Å². The molecular weight excluding hydrogens is 166 g/mol. The van der Waals surface area contributed by atoms with Gasteiger partial charge in [-0.1, -0.05) is 0 Å². The molecular formula is C10H21NO2. The molecule has 0 aromatic rings. The third kappa shape index (κ3) is 3.25. The number of hydrogen-bond acceptors (Lipinski definition) is 3. The molecule has 1 fully saturated rings. The van der Waals surface area contributed by atoms with Gasteiger partial charge in [0.2, 0.25) is 0 Å². The zero-order valence-electron chi connectivity index (χ0n) is 8.68. The fraction of sp³-hybridized carbons (Fsp3) is 1.00. The summed E-state index contributed by atoms with van der Waals surface area (Å²) < 4.78 is 5.02. The molecule has 1 aliphatic rings. The van der Waals surface area contributed by atoms with Crippen molar-refractivity contribution in [3.63, 3.8) is 0 Å². The first-order valence-corrected chi connectivity index (χ1v) is 5.08. The normalized spacial score (nSPS) is 33.9. The standard InChI is InChI=1S/C10H21NO2/c1-10(5-3-7-13-2)6-4-9(8-12)11-10/h9,11-12H,3-8H2,1-2H3. The number of aliphatic hydroxyl groups is 1. The Morgan fingerprint density at radius 1 is 1.62 bits per heavy atom. The molecule has 13 heavy (non-hydrogen) atoms. The molecule has 2 N–H and O–H groups in total. The van der Waals surface area contributed by atoms with Gasteiger partial charge in [0.05, 0.1) is 6.61 Å². The maximum atomic E-state index is 8.98. The van der Waals surface area contributed by atoms with Gasteiger partial charge in [-0.3, -0.25) is 0 Å². The van der Waals surface area contributed by atoms with E-state index in [-0.39, 0.29) is 12.1 Å². The number of ether oxygens (including phenoxy) is 1. The maximum Gasteiger partial charge on any atom is 0.0584 e. The second kappa shape index (κ2) is 4.94. The van der Waals surface area contributed by atoms with Gasteiger partial charge in [0.1, 0.15) is 0 Å². The van der Waals surface area contributed by atoms with E-state index < -0.39 is 0 Å². The van der Waals surface area contributed by atoms with Crippen molar-refractivity contribution in [1.29, 1.82) is 0 Å². The molecule has 3 nitrogen and oxygen atoms in total. The van der Waals surface area contributed by atoms with Crippen LogP contribution in [0.4, 0.5) is 0 Å². The van der Waals surface area contributed by atoms with Crippen molar-refractivity contribution in [2.75, 3.05) is 20.3 Å². The van der Waals surface area contributed by atoms with Crippen molar-refractivity contribution in [2.45, 2.75) is 44.2 Å². The Hall–Kier alpha value is -0.120. The van der Waals surface area contributed by atoms with Crippen molar-refractivity contribution in [2.24, 2.45) is 0 Å². The van der Waals surface area contributed by atoms with Crippen LogP contribution >= 0.6 is 0 Å². The van der Waals surface area contributed by atoms with Gasteiger partial charge in [0, 0.05) is 25.3 Å². The third-order valence-corrected chi connectivity index (χ3v) is 2.89. The Labute approximate surface area is 80.5 Å². The molecule has 0 radical (unpaired) electrons. The van der Waals surface area contributed by atoms with E-state index in [1.165, 1.54) is 6.42 Å². The van der Waals surface area contributed by atoms with E-state index in [2.05, 4.69) is 12.2 Å². The van der Waals surface area contributed by atoms with Crippen molar-refractivity contribution < 1.29 is 9.84 Å². The second-order valence-electron chi connectivity index (χ2n) is 4.22. The van der Waals surface area contributed by atoms with Crippen LogP contribution in [0, 0.1) is 0 Å². The molecule has 0 spiro atoms. The van der Waals surface area contributed by atoms with Crippen LogP contribution in [0.1, 0.15) is 32.6 Å². The zero-order chi connectivity index (χ0) is 9.73. The van der Waals surface area contributed by atoms with Gasteiger partial charge in [-0.15, -0.1) is 0 Å². The van der Waals surface area contributed by atoms with E-state index in [4.69, 9.17) is 9.84 Å². The smallest absolute Gasteiger partial charge is 0.0584 e. The fourth-order valence-electron chi connectivity index (χ4n) is 2.07. The first-order valence-electron chi connectivity index (χ1n) is 5.08. The van der Waals surface area contributed by atoms with Gasteiger partial charge in [-0.2, -0.15) is 0 Å². The number of rotatable bonds is 5. The van der Waals surface area contributed by atoms with Crippen LogP contribution in [0.25, 0.3) is 0 Å². The molecule has 1 aliphatic heterocycles. The molecule has 78 valence electrons. The number of nitrogens with one attached hydrogen (secondary N) is 1. The molecule has 0 amide bonds. The van der Waals surface area contributed by atoms with Crippen molar-refractivity contribution in [3.8, 4) is 0 Å². The van der Waals surface area contributed by atoms with Crippen LogP contribution < -0.4 is 5.32 Å². The molecule has 1 saturated heterocycles. The molecule has 1 rings (SSSR count). The minimum absolute atomic E-state index is 0.228. The predicted octanol–water partition coefficient (Wildman–Crippen LogP) is 0.916. The van der Waals surface area contributed by atoms with E-state index in [9.17, 15) is 0 Å². The summed E-state index contributed by atoms with van der Waals surface area (Å²) in [6, 6.07) is 0.313. The molecule has 2 unspecified atom stereocenters. The summed E-state index contributed by atoms with van der Waals surface area (Å²) in [5.74, 6) is 0. The highest BCUT2D eigenvalue weighted by Crippen LogP contribution is 2.27. The molecule has 0 aromatic heterocycles. The van der Waals surface area contributed by atoms with E-state index in [0.29, 0.717) is 6.04 Å². The fourth-order valence-corrected chi connectivity index (χ4v) is 2.07. The van der Waals surface area contributed by atoms with Gasteiger partial charge in [-0.25, -0.2) is 0 Å². The highest BCUT2D eigenvalue weighted by Gasteiger charge is 2.32. The number of methoxy groups -OCH3 is 1. The van der Waals surface area contributed by atoms with Gasteiger partial charge < -0.3 is 15.2 Å². The molecule has 3 heteroatoms.